The van der Waals surface area contributed by atoms with Crippen molar-refractivity contribution in [3.63, 3.8) is 0 Å². The number of hydrogen-bond acceptors (Lipinski definition) is 3. The summed E-state index contributed by atoms with van der Waals surface area (Å²) in [7, 11) is 0. The summed E-state index contributed by atoms with van der Waals surface area (Å²) in [6.07, 6.45) is 5.24. The van der Waals surface area contributed by atoms with E-state index in [0.29, 0.717) is 11.3 Å². The number of amides is 1. The van der Waals surface area contributed by atoms with E-state index in [9.17, 15) is 14.9 Å². The van der Waals surface area contributed by atoms with Crippen LogP contribution in [0.1, 0.15) is 15.9 Å². The van der Waals surface area contributed by atoms with Crippen molar-refractivity contribution >= 4 is 17.3 Å². The molecule has 0 atom stereocenters. The molecule has 0 aliphatic carbocycles. The summed E-state index contributed by atoms with van der Waals surface area (Å²) in [5.74, 6) is 2.14. The number of terminal acetylenes is 1. The Labute approximate surface area is 115 Å². The molecule has 0 aliphatic rings. The zero-order valence-corrected chi connectivity index (χ0v) is 10.4. The average molecular weight is 266 g/mol. The molecule has 0 aromatic heterocycles. The Morgan fingerprint density at radius 1 is 1.10 bits per heavy atom. The van der Waals surface area contributed by atoms with Crippen molar-refractivity contribution < 1.29 is 9.72 Å². The number of nitro groups is 1. The second-order valence-corrected chi connectivity index (χ2v) is 3.98. The topological polar surface area (TPSA) is 72.2 Å². The van der Waals surface area contributed by atoms with Crippen LogP contribution in [-0.2, 0) is 0 Å². The molecule has 0 saturated heterocycles. The van der Waals surface area contributed by atoms with Crippen molar-refractivity contribution in [1.29, 1.82) is 0 Å². The third-order valence-corrected chi connectivity index (χ3v) is 2.65. The van der Waals surface area contributed by atoms with Gasteiger partial charge in [0.25, 0.3) is 11.6 Å². The Balaban J connectivity index is 2.11. The van der Waals surface area contributed by atoms with Gasteiger partial charge in [0.05, 0.1) is 4.92 Å². The highest BCUT2D eigenvalue weighted by Crippen LogP contribution is 2.14. The zero-order chi connectivity index (χ0) is 14.5. The molecule has 0 fully saturated rings. The molecule has 1 N–H and O–H groups in total. The molecule has 5 nitrogen and oxygen atoms in total. The zero-order valence-electron chi connectivity index (χ0n) is 10.4. The summed E-state index contributed by atoms with van der Waals surface area (Å²) < 4.78 is 0. The highest BCUT2D eigenvalue weighted by atomic mass is 16.6. The van der Waals surface area contributed by atoms with Crippen LogP contribution in [0.25, 0.3) is 0 Å². The molecule has 2 aromatic rings. The molecule has 0 heterocycles. The smallest absolute Gasteiger partial charge is 0.269 e. The second-order valence-electron chi connectivity index (χ2n) is 3.98. The van der Waals surface area contributed by atoms with Crippen LogP contribution >= 0.6 is 0 Å². The van der Waals surface area contributed by atoms with Crippen LogP contribution in [0.15, 0.2) is 48.5 Å². The van der Waals surface area contributed by atoms with Crippen molar-refractivity contribution in [2.24, 2.45) is 0 Å². The van der Waals surface area contributed by atoms with Crippen LogP contribution in [0.3, 0.4) is 0 Å². The number of non-ortho nitro benzene ring substituents is 1. The highest BCUT2D eigenvalue weighted by Gasteiger charge is 2.09. The number of nitrogens with zero attached hydrogens (tertiary/aromatic N) is 1. The number of hydrogen-bond donors (Lipinski definition) is 1. The van der Waals surface area contributed by atoms with E-state index in [-0.39, 0.29) is 11.6 Å². The Kier molecular flexibility index (Phi) is 3.77. The predicted octanol–water partition coefficient (Wildman–Crippen LogP) is 2.83. The summed E-state index contributed by atoms with van der Waals surface area (Å²) >= 11 is 0. The van der Waals surface area contributed by atoms with Crippen LogP contribution in [0.4, 0.5) is 11.4 Å². The number of carbonyl (C=O) groups excluding carboxylic acids is 1. The van der Waals surface area contributed by atoms with E-state index in [2.05, 4.69) is 11.2 Å². The molecule has 2 rings (SSSR count). The lowest BCUT2D eigenvalue weighted by atomic mass is 10.1. The number of rotatable bonds is 3. The Morgan fingerprint density at radius 2 is 1.70 bits per heavy atom. The van der Waals surface area contributed by atoms with Crippen LogP contribution in [0.5, 0.6) is 0 Å². The van der Waals surface area contributed by atoms with Gasteiger partial charge in [0.2, 0.25) is 0 Å². The normalized spacial score (nSPS) is 9.55. The van der Waals surface area contributed by atoms with Crippen LogP contribution in [0.2, 0.25) is 0 Å². The van der Waals surface area contributed by atoms with E-state index >= 15 is 0 Å². The highest BCUT2D eigenvalue weighted by molar-refractivity contribution is 6.04. The third kappa shape index (κ3) is 3.00. The van der Waals surface area contributed by atoms with E-state index in [1.807, 2.05) is 0 Å². The molecule has 0 bridgehead atoms. The summed E-state index contributed by atoms with van der Waals surface area (Å²) in [5, 5.41) is 13.2. The quantitative estimate of drug-likeness (QED) is 0.527. The van der Waals surface area contributed by atoms with Crippen LogP contribution < -0.4 is 5.32 Å². The average Bonchev–Trinajstić information content (AvgIpc) is 2.48. The standard InChI is InChI=1S/C15H10N2O3/c1-2-11-3-7-13(8-4-11)16-15(18)12-5-9-14(10-6-12)17(19)20/h1,3-10H,(H,16,18). The van der Waals surface area contributed by atoms with Crippen molar-refractivity contribution in [3.8, 4) is 12.3 Å². The van der Waals surface area contributed by atoms with Gasteiger partial charge in [-0.1, -0.05) is 5.92 Å². The SMILES string of the molecule is C#Cc1ccc(NC(=O)c2ccc([N+](=O)[O-])cc2)cc1. The van der Waals surface area contributed by atoms with Gasteiger partial charge in [-0.05, 0) is 36.4 Å². The minimum absolute atomic E-state index is 0.0556. The first kappa shape index (κ1) is 13.3. The minimum atomic E-state index is -0.514. The first-order valence-corrected chi connectivity index (χ1v) is 5.72. The molecule has 1 amide bonds. The van der Waals surface area contributed by atoms with Gasteiger partial charge in [-0.25, -0.2) is 0 Å². The summed E-state index contributed by atoms with van der Waals surface area (Å²) in [4.78, 5) is 21.9. The second kappa shape index (κ2) is 5.67. The Hall–Kier alpha value is -3.13. The predicted molar refractivity (Wildman–Crippen MR) is 75.4 cm³/mol. The number of nitro benzene ring substituents is 1. The van der Waals surface area contributed by atoms with Crippen LogP contribution in [0, 0.1) is 22.5 Å². The summed E-state index contributed by atoms with van der Waals surface area (Å²) in [6, 6.07) is 12.2. The van der Waals surface area contributed by atoms with Gasteiger partial charge in [0.15, 0.2) is 0 Å². The van der Waals surface area contributed by atoms with Gasteiger partial charge in [0.1, 0.15) is 0 Å². The maximum Gasteiger partial charge on any atom is 0.269 e. The van der Waals surface area contributed by atoms with Crippen molar-refractivity contribution in [2.75, 3.05) is 5.32 Å². The van der Waals surface area contributed by atoms with E-state index in [0.717, 1.165) is 5.56 Å². The summed E-state index contributed by atoms with van der Waals surface area (Å²) in [5.41, 5.74) is 1.61. The van der Waals surface area contributed by atoms with Crippen molar-refractivity contribution in [2.45, 2.75) is 0 Å². The van der Waals surface area contributed by atoms with Gasteiger partial charge in [-0.3, -0.25) is 14.9 Å². The van der Waals surface area contributed by atoms with Gasteiger partial charge in [-0.2, -0.15) is 0 Å². The van der Waals surface area contributed by atoms with Crippen LogP contribution in [-0.4, -0.2) is 10.8 Å². The van der Waals surface area contributed by atoms with E-state index in [4.69, 9.17) is 6.42 Å². The molecular formula is C15H10N2O3. The Morgan fingerprint density at radius 3 is 2.20 bits per heavy atom. The third-order valence-electron chi connectivity index (χ3n) is 2.65. The van der Waals surface area contributed by atoms with E-state index in [1.54, 1.807) is 24.3 Å². The first-order valence-electron chi connectivity index (χ1n) is 5.72. The maximum atomic E-state index is 11.9. The van der Waals surface area contributed by atoms with Crippen molar-refractivity contribution in [3.05, 3.63) is 69.8 Å². The monoisotopic (exact) mass is 266 g/mol. The number of benzene rings is 2. The minimum Gasteiger partial charge on any atom is -0.322 e. The molecule has 0 radical (unpaired) electrons. The molecule has 0 saturated carbocycles. The molecule has 0 aliphatic heterocycles. The van der Waals surface area contributed by atoms with Gasteiger partial charge >= 0.3 is 0 Å². The van der Waals surface area contributed by atoms with Gasteiger partial charge in [-0.15, -0.1) is 6.42 Å². The van der Waals surface area contributed by atoms with Crippen molar-refractivity contribution in [1.82, 2.24) is 0 Å². The fraction of sp³-hybridized carbons (Fsp3) is 0. The lowest BCUT2D eigenvalue weighted by Crippen LogP contribution is -2.11. The molecule has 5 heteroatoms. The molecular weight excluding hydrogens is 256 g/mol. The summed E-state index contributed by atoms with van der Waals surface area (Å²) in [6.45, 7) is 0. The lowest BCUT2D eigenvalue weighted by molar-refractivity contribution is -0.384. The van der Waals surface area contributed by atoms with E-state index < -0.39 is 4.92 Å². The lowest BCUT2D eigenvalue weighted by Gasteiger charge is -2.05. The molecule has 0 spiro atoms. The van der Waals surface area contributed by atoms with Gasteiger partial charge < -0.3 is 5.32 Å². The molecule has 20 heavy (non-hydrogen) atoms. The molecule has 0 unspecified atom stereocenters. The van der Waals surface area contributed by atoms with E-state index in [1.165, 1.54) is 24.3 Å². The number of carbonyl (C=O) groups is 1. The Bertz CT molecular complexity index is 683. The fourth-order valence-electron chi connectivity index (χ4n) is 1.59. The van der Waals surface area contributed by atoms with Gasteiger partial charge in [0, 0.05) is 28.9 Å². The number of anilines is 1. The molecule has 98 valence electrons. The number of nitrogens with one attached hydrogen (secondary N) is 1. The largest absolute Gasteiger partial charge is 0.322 e. The molecule has 2 aromatic carbocycles. The maximum absolute atomic E-state index is 11.9. The first-order chi connectivity index (χ1) is 9.60. The fourth-order valence-corrected chi connectivity index (χ4v) is 1.59.